The Bertz CT molecular complexity index is 2260. The molecule has 0 aliphatic carbocycles. The molecule has 25 heteroatoms. The molecular weight excluding hydrogens is 999 g/mol. The van der Waals surface area contributed by atoms with Crippen LogP contribution in [0.4, 0.5) is 0 Å². The molecule has 3 fully saturated rings. The van der Waals surface area contributed by atoms with E-state index in [0.29, 0.717) is 31.4 Å². The zero-order chi connectivity index (χ0) is 55.0. The minimum atomic E-state index is -1.71. The first-order valence-electron chi connectivity index (χ1n) is 25.0. The molecule has 0 radical (unpaired) electrons. The number of nitrogens with one attached hydrogen (secondary N) is 8. The topological polar surface area (TPSA) is 349 Å². The molecule has 0 spiro atoms. The monoisotopic (exact) mass is 1070 g/mol. The fraction of sp³-hybridized carbons (Fsp3) is 0.653. The van der Waals surface area contributed by atoms with Crippen LogP contribution in [0, 0.1) is 19.8 Å². The maximum atomic E-state index is 14.7. The summed E-state index contributed by atoms with van der Waals surface area (Å²) < 4.78 is 4.59. The molecule has 3 saturated heterocycles. The van der Waals surface area contributed by atoms with Crippen LogP contribution in [0.25, 0.3) is 0 Å². The Balaban J connectivity index is 1.86. The molecule has 0 aromatic heterocycles. The molecule has 74 heavy (non-hydrogen) atoms. The van der Waals surface area contributed by atoms with Crippen molar-refractivity contribution in [2.24, 2.45) is 17.4 Å². The Morgan fingerprint density at radius 3 is 2.08 bits per heavy atom. The number of ether oxygens (including phenoxy) is 1. The Labute approximate surface area is 439 Å². The van der Waals surface area contributed by atoms with Crippen LogP contribution in [0.15, 0.2) is 12.1 Å². The lowest BCUT2D eigenvalue weighted by atomic mass is 9.85. The summed E-state index contributed by atoms with van der Waals surface area (Å²) in [5, 5.41) is 21.5. The van der Waals surface area contributed by atoms with Crippen LogP contribution in [0.5, 0.6) is 5.75 Å². The van der Waals surface area contributed by atoms with E-state index in [2.05, 4.69) is 42.5 Å². The van der Waals surface area contributed by atoms with Crippen LogP contribution < -0.4 is 58.7 Å². The summed E-state index contributed by atoms with van der Waals surface area (Å²) in [5.74, 6) is -9.25. The van der Waals surface area contributed by atoms with Gasteiger partial charge in [-0.25, -0.2) is 0 Å². The summed E-state index contributed by atoms with van der Waals surface area (Å²) in [5.41, 5.74) is 13.2. The number of nitrogens with zero attached hydrogens (tertiary/aromatic N) is 1. The van der Waals surface area contributed by atoms with Gasteiger partial charge in [0.05, 0.1) is 20.1 Å². The van der Waals surface area contributed by atoms with Gasteiger partial charge in [0.15, 0.2) is 0 Å². The van der Waals surface area contributed by atoms with Gasteiger partial charge in [-0.05, 0) is 101 Å². The van der Waals surface area contributed by atoms with E-state index in [1.54, 1.807) is 34.6 Å². The summed E-state index contributed by atoms with van der Waals surface area (Å²) in [6, 6.07) is -5.86. The minimum absolute atomic E-state index is 0.0665. The van der Waals surface area contributed by atoms with Crippen molar-refractivity contribution in [3.8, 4) is 5.75 Å². The second kappa shape index (κ2) is 28.0. The van der Waals surface area contributed by atoms with E-state index in [-0.39, 0.29) is 50.9 Å². The van der Waals surface area contributed by atoms with Crippen molar-refractivity contribution in [1.29, 1.82) is 0 Å². The lowest BCUT2D eigenvalue weighted by Gasteiger charge is -2.33. The number of primary amides is 2. The number of amides is 11. The molecule has 1 aromatic carbocycles. The average molecular weight is 1070 g/mol. The Morgan fingerprint density at radius 1 is 0.784 bits per heavy atom. The number of fused-ring (bicyclic) bond motifs is 7. The lowest BCUT2D eigenvalue weighted by Crippen LogP contribution is -2.61. The molecule has 23 nitrogen and oxygen atoms in total. The molecule has 410 valence electrons. The smallest absolute Gasteiger partial charge is 0.246 e. The first kappa shape index (κ1) is 60.4. The normalized spacial score (nSPS) is 26.4. The Morgan fingerprint density at radius 2 is 1.45 bits per heavy atom. The van der Waals surface area contributed by atoms with E-state index in [1.165, 1.54) is 22.8 Å². The number of rotatable bonds is 10. The van der Waals surface area contributed by atoms with Crippen LogP contribution >= 0.6 is 21.6 Å². The van der Waals surface area contributed by atoms with E-state index in [4.69, 9.17) is 16.2 Å². The van der Waals surface area contributed by atoms with Gasteiger partial charge in [0.2, 0.25) is 65.0 Å². The number of hydrogen-bond donors (Lipinski definition) is 10. The average Bonchev–Trinajstić information content (AvgIpc) is 3.83. The summed E-state index contributed by atoms with van der Waals surface area (Å²) in [4.78, 5) is 153. The van der Waals surface area contributed by atoms with Crippen molar-refractivity contribution in [3.63, 3.8) is 0 Å². The van der Waals surface area contributed by atoms with Gasteiger partial charge in [0.1, 0.15) is 48.0 Å². The Hall–Kier alpha value is -6.11. The van der Waals surface area contributed by atoms with Crippen molar-refractivity contribution in [1.82, 2.24) is 47.4 Å². The van der Waals surface area contributed by atoms with Crippen molar-refractivity contribution in [3.05, 3.63) is 28.8 Å². The molecule has 0 saturated carbocycles. The predicted molar refractivity (Wildman–Crippen MR) is 278 cm³/mol. The number of hydrogen-bond acceptors (Lipinski definition) is 14. The second-order valence-electron chi connectivity index (χ2n) is 19.9. The predicted octanol–water partition coefficient (Wildman–Crippen LogP) is -0.518. The maximum Gasteiger partial charge on any atom is 0.246 e. The number of aryl methyl sites for hydroxylation is 2. The highest BCUT2D eigenvalue weighted by Gasteiger charge is 2.42. The van der Waals surface area contributed by atoms with Gasteiger partial charge in [-0.2, -0.15) is 0 Å². The van der Waals surface area contributed by atoms with E-state index in [9.17, 15) is 52.7 Å². The van der Waals surface area contributed by atoms with Gasteiger partial charge in [-0.3, -0.25) is 52.7 Å². The number of carbonyl (C=O) groups is 11. The molecule has 1 unspecified atom stereocenters. The van der Waals surface area contributed by atoms with Gasteiger partial charge in [0, 0.05) is 42.3 Å². The summed E-state index contributed by atoms with van der Waals surface area (Å²) in [6.45, 7) is 12.3. The van der Waals surface area contributed by atoms with Crippen LogP contribution in [0.2, 0.25) is 0 Å². The molecule has 9 atom stereocenters. The number of nitrogens with two attached hydrogens (primary N) is 2. The lowest BCUT2D eigenvalue weighted by molar-refractivity contribution is -0.142. The minimum Gasteiger partial charge on any atom is -0.497 e. The van der Waals surface area contributed by atoms with Crippen molar-refractivity contribution >= 4 is 86.6 Å². The molecule has 2 bridgehead atoms. The number of methoxy groups -OCH3 is 1. The third kappa shape index (κ3) is 17.5. The SMILES string of the molecule is CCC(C)[C@@H]1NC(=O)[C@@H]([C@@H](C)c2c(C)cc(OC)cc2C)NC(=O)CC(C)(C)SSC[C@H]2NC(=O)[C@H](CC(N)=O)NC(=O)[C@H](CCC(=O)NCCCC[C@@H](C(=O)NCC(N)=O)NC(=O)[C@@H]3CCCN3C2=O)NC1=O. The molecule has 1 aromatic rings. The maximum absolute atomic E-state index is 14.7. The first-order chi connectivity index (χ1) is 34.9. The molecule has 3 aliphatic heterocycles. The third-order valence-electron chi connectivity index (χ3n) is 13.4. The molecular formula is C49H75N11O12S2. The summed E-state index contributed by atoms with van der Waals surface area (Å²) >= 11 is 0. The second-order valence-corrected chi connectivity index (χ2v) is 22.9. The molecule has 3 aliphatic rings. The highest BCUT2D eigenvalue weighted by Crippen LogP contribution is 2.39. The van der Waals surface area contributed by atoms with Crippen LogP contribution in [0.1, 0.15) is 121 Å². The van der Waals surface area contributed by atoms with Crippen molar-refractivity contribution < 1.29 is 57.5 Å². The summed E-state index contributed by atoms with van der Waals surface area (Å²) in [6.07, 6.45) is 0.0260. The van der Waals surface area contributed by atoms with E-state index in [1.807, 2.05) is 26.0 Å². The molecule has 12 N–H and O–H groups in total. The van der Waals surface area contributed by atoms with Crippen molar-refractivity contribution in [2.75, 3.05) is 32.5 Å². The van der Waals surface area contributed by atoms with E-state index < -0.39 is 137 Å². The highest BCUT2D eigenvalue weighted by molar-refractivity contribution is 8.77. The molecule has 11 amide bonds. The van der Waals surface area contributed by atoms with Crippen LogP contribution in [0.3, 0.4) is 0 Å². The Kier molecular flexibility index (Phi) is 22.8. The van der Waals surface area contributed by atoms with Gasteiger partial charge in [0.25, 0.3) is 0 Å². The zero-order valence-corrected chi connectivity index (χ0v) is 45.2. The van der Waals surface area contributed by atoms with Gasteiger partial charge >= 0.3 is 0 Å². The van der Waals surface area contributed by atoms with Gasteiger partial charge < -0.3 is 63.6 Å². The standard InChI is InChI=1S/C49H75N11O12S2/c1-9-25(2)40-46(69)55-31-15-16-37(63)52-17-11-10-13-30(42(65)53-23-36(51)62)54-45(68)34-14-12-18-60(34)48(71)33(57-44(67)32(21-35(50)61)56-43(31)66)24-73-74-49(6,7)22-38(64)58-41(47(70)59-40)28(5)39-26(3)19-29(72-8)20-27(39)4/h19-20,25,28,30-34,40-41H,9-18,21-24H2,1-8H3,(H2,50,61)(H2,51,62)(H,52,63)(H,53,65)(H,54,68)(H,55,69)(H,56,66)(H,57,67)(H,58,64)(H,59,70)/t25?,28-,30-,31-,32-,33+,34-,40-,41+/m0/s1. The largest absolute Gasteiger partial charge is 0.497 e. The molecule has 3 heterocycles. The third-order valence-corrected chi connectivity index (χ3v) is 16.7. The van der Waals surface area contributed by atoms with E-state index in [0.717, 1.165) is 27.5 Å². The quantitative estimate of drug-likeness (QED) is 0.132. The number of benzene rings is 1. The van der Waals surface area contributed by atoms with Crippen LogP contribution in [-0.4, -0.2) is 149 Å². The summed E-state index contributed by atoms with van der Waals surface area (Å²) in [7, 11) is 3.88. The van der Waals surface area contributed by atoms with Gasteiger partial charge in [-0.1, -0.05) is 48.8 Å². The fourth-order valence-corrected chi connectivity index (χ4v) is 12.0. The molecule has 4 rings (SSSR count). The first-order valence-corrected chi connectivity index (χ1v) is 27.4. The zero-order valence-electron chi connectivity index (χ0n) is 43.6. The van der Waals surface area contributed by atoms with Crippen molar-refractivity contribution in [2.45, 2.75) is 166 Å². The van der Waals surface area contributed by atoms with Crippen LogP contribution in [-0.2, 0) is 52.7 Å². The fourth-order valence-electron chi connectivity index (χ4n) is 9.27. The van der Waals surface area contributed by atoms with Gasteiger partial charge in [-0.15, -0.1) is 0 Å². The highest BCUT2D eigenvalue weighted by atomic mass is 33.1. The number of carbonyl (C=O) groups excluding carboxylic acids is 11. The van der Waals surface area contributed by atoms with E-state index >= 15 is 0 Å².